The van der Waals surface area contributed by atoms with Gasteiger partial charge in [-0.2, -0.15) is 31.3 Å². The second-order valence-electron chi connectivity index (χ2n) is 9.76. The highest BCUT2D eigenvalue weighted by atomic mass is 32.2. The number of allylic oxidation sites excluding steroid dienone is 1. The van der Waals surface area contributed by atoms with Gasteiger partial charge in [-0.25, -0.2) is 8.78 Å². The van der Waals surface area contributed by atoms with Crippen molar-refractivity contribution < 1.29 is 45.0 Å². The molecule has 0 bridgehead atoms. The Labute approximate surface area is 217 Å². The molecule has 4 rings (SSSR count). The molecule has 1 amide bonds. The lowest BCUT2D eigenvalue weighted by Crippen LogP contribution is -2.50. The molecule has 2 heterocycles. The van der Waals surface area contributed by atoms with Crippen molar-refractivity contribution in [2.24, 2.45) is 10.9 Å². The number of nitrogens with zero attached hydrogens (tertiary/aromatic N) is 2. The second-order valence-corrected chi connectivity index (χ2v) is 10.8. The molecule has 1 aliphatic carbocycles. The van der Waals surface area contributed by atoms with Crippen LogP contribution in [0.2, 0.25) is 0 Å². The summed E-state index contributed by atoms with van der Waals surface area (Å²) < 4.78 is 107. The molecule has 1 saturated carbocycles. The van der Waals surface area contributed by atoms with Gasteiger partial charge in [0.2, 0.25) is 5.92 Å². The Morgan fingerprint density at radius 3 is 2.42 bits per heavy atom. The Morgan fingerprint density at radius 2 is 1.79 bits per heavy atom. The van der Waals surface area contributed by atoms with Crippen LogP contribution >= 0.6 is 11.8 Å². The number of thioether (sulfide) groups is 1. The van der Waals surface area contributed by atoms with Crippen LogP contribution < -0.4 is 5.32 Å². The van der Waals surface area contributed by atoms with Gasteiger partial charge < -0.3 is 10.4 Å². The maximum absolute atomic E-state index is 13.8. The summed E-state index contributed by atoms with van der Waals surface area (Å²) in [6.07, 6.45) is -9.20. The summed E-state index contributed by atoms with van der Waals surface area (Å²) in [6, 6.07) is 0.662. The van der Waals surface area contributed by atoms with E-state index in [9.17, 15) is 45.0 Å². The zero-order chi connectivity index (χ0) is 27.9. The smallest absolute Gasteiger partial charge is 0.391 e. The van der Waals surface area contributed by atoms with E-state index in [1.54, 1.807) is 11.0 Å². The number of aliphatic hydroxyl groups is 1. The van der Waals surface area contributed by atoms with E-state index in [-0.39, 0.29) is 36.3 Å². The summed E-state index contributed by atoms with van der Waals surface area (Å²) in [5.74, 6) is -2.91. The predicted molar refractivity (Wildman–Crippen MR) is 125 cm³/mol. The molecule has 14 heteroatoms. The van der Waals surface area contributed by atoms with E-state index in [0.717, 1.165) is 17.8 Å². The third kappa shape index (κ3) is 7.06. The van der Waals surface area contributed by atoms with Gasteiger partial charge in [0.15, 0.2) is 0 Å². The number of amidine groups is 1. The molecule has 1 aromatic carbocycles. The molecule has 3 aliphatic rings. The van der Waals surface area contributed by atoms with E-state index in [0.29, 0.717) is 36.9 Å². The normalized spacial score (nSPS) is 26.6. The summed E-state index contributed by atoms with van der Waals surface area (Å²) in [6.45, 7) is 0.545. The lowest BCUT2D eigenvalue weighted by atomic mass is 9.89. The summed E-state index contributed by atoms with van der Waals surface area (Å²) in [7, 11) is 0. The van der Waals surface area contributed by atoms with Gasteiger partial charge in [0, 0.05) is 19.4 Å². The first-order valence-electron chi connectivity index (χ1n) is 12.0. The molecule has 2 fully saturated rings. The predicted octanol–water partition coefficient (Wildman–Crippen LogP) is 6.22. The molecular formula is C24H25F8N3O2S. The van der Waals surface area contributed by atoms with Crippen LogP contribution in [0.15, 0.2) is 34.2 Å². The van der Waals surface area contributed by atoms with Gasteiger partial charge in [-0.15, -0.1) is 0 Å². The number of hydrogen-bond donors (Lipinski definition) is 2. The van der Waals surface area contributed by atoms with Crippen molar-refractivity contribution in [3.63, 3.8) is 0 Å². The number of carbonyl (C=O) groups is 1. The van der Waals surface area contributed by atoms with Crippen molar-refractivity contribution in [2.45, 2.75) is 69.1 Å². The zero-order valence-corrected chi connectivity index (χ0v) is 20.7. The van der Waals surface area contributed by atoms with Gasteiger partial charge in [-0.05, 0) is 67.7 Å². The summed E-state index contributed by atoms with van der Waals surface area (Å²) in [4.78, 5) is 17.9. The van der Waals surface area contributed by atoms with Gasteiger partial charge in [-0.3, -0.25) is 9.69 Å². The van der Waals surface area contributed by atoms with Crippen molar-refractivity contribution in [3.05, 3.63) is 45.9 Å². The van der Waals surface area contributed by atoms with Crippen LogP contribution in [0.5, 0.6) is 0 Å². The molecule has 2 atom stereocenters. The van der Waals surface area contributed by atoms with E-state index < -0.39 is 59.6 Å². The maximum atomic E-state index is 13.8. The third-order valence-electron chi connectivity index (χ3n) is 6.90. The number of aliphatic hydroxyl groups excluding tert-OH is 1. The fourth-order valence-electron chi connectivity index (χ4n) is 4.86. The van der Waals surface area contributed by atoms with Crippen LogP contribution in [-0.2, 0) is 18.9 Å². The van der Waals surface area contributed by atoms with Crippen LogP contribution in [0.4, 0.5) is 39.9 Å². The van der Waals surface area contributed by atoms with E-state index in [1.165, 1.54) is 0 Å². The Balaban J connectivity index is 1.39. The number of rotatable bonds is 4. The van der Waals surface area contributed by atoms with Crippen molar-refractivity contribution in [1.82, 2.24) is 10.2 Å². The average Bonchev–Trinajstić information content (AvgIpc) is 3.14. The molecule has 1 aromatic rings. The molecule has 0 spiro atoms. The van der Waals surface area contributed by atoms with E-state index in [4.69, 9.17) is 0 Å². The molecular weight excluding hydrogens is 546 g/mol. The van der Waals surface area contributed by atoms with E-state index in [2.05, 4.69) is 10.3 Å². The number of nitrogens with one attached hydrogen (secondary N) is 1. The maximum Gasteiger partial charge on any atom is 0.416 e. The van der Waals surface area contributed by atoms with Crippen LogP contribution in [0.1, 0.15) is 48.8 Å². The monoisotopic (exact) mass is 571 g/mol. The Bertz CT molecular complexity index is 1110. The molecule has 0 aromatic heterocycles. The van der Waals surface area contributed by atoms with Crippen molar-refractivity contribution in [3.8, 4) is 0 Å². The fraction of sp³-hybridized carbons (Fsp3) is 0.583. The number of hydrogen-bond acceptors (Lipinski definition) is 5. The number of likely N-dealkylation sites (tertiary alicyclic amines) is 1. The molecule has 2 aliphatic heterocycles. The van der Waals surface area contributed by atoms with E-state index in [1.807, 2.05) is 0 Å². The van der Waals surface area contributed by atoms with Crippen LogP contribution in [0, 0.1) is 5.92 Å². The molecule has 2 N–H and O–H groups in total. The highest BCUT2D eigenvalue weighted by Crippen LogP contribution is 2.39. The van der Waals surface area contributed by atoms with Crippen molar-refractivity contribution in [2.75, 3.05) is 13.1 Å². The Kier molecular flexibility index (Phi) is 8.16. The van der Waals surface area contributed by atoms with Gasteiger partial charge >= 0.3 is 17.6 Å². The Hall–Kier alpha value is -2.19. The van der Waals surface area contributed by atoms with Gasteiger partial charge in [0.1, 0.15) is 5.84 Å². The fourth-order valence-corrected chi connectivity index (χ4v) is 5.64. The van der Waals surface area contributed by atoms with Crippen LogP contribution in [0.25, 0.3) is 0 Å². The lowest BCUT2D eigenvalue weighted by Gasteiger charge is -2.34. The first-order valence-corrected chi connectivity index (χ1v) is 12.8. The average molecular weight is 572 g/mol. The zero-order valence-electron chi connectivity index (χ0n) is 19.9. The minimum atomic E-state index is -4.94. The number of alkyl halides is 8. The van der Waals surface area contributed by atoms with Crippen molar-refractivity contribution in [1.29, 1.82) is 0 Å². The number of amides is 1. The lowest BCUT2D eigenvalue weighted by molar-refractivity contribution is -0.143. The van der Waals surface area contributed by atoms with Crippen molar-refractivity contribution >= 4 is 22.8 Å². The van der Waals surface area contributed by atoms with E-state index >= 15 is 0 Å². The molecule has 38 heavy (non-hydrogen) atoms. The quantitative estimate of drug-likeness (QED) is 0.420. The SMILES string of the molecule is O=C1N=C(N[C@H]2CC(F)(F)CC[C@@H]2O)/C(=C/C2CCN(Cc3ccc(C(F)(F)F)cc3C(F)(F)F)CC2)S1. The van der Waals surface area contributed by atoms with Crippen LogP contribution in [0.3, 0.4) is 0 Å². The summed E-state index contributed by atoms with van der Waals surface area (Å²) in [5.41, 5.74) is -2.93. The first-order chi connectivity index (χ1) is 17.6. The number of piperidine rings is 1. The van der Waals surface area contributed by atoms with Gasteiger partial charge in [0.05, 0.1) is 28.2 Å². The topological polar surface area (TPSA) is 64.9 Å². The highest BCUT2D eigenvalue weighted by Gasteiger charge is 2.42. The van der Waals surface area contributed by atoms with Gasteiger partial charge in [0.25, 0.3) is 0 Å². The molecule has 210 valence electrons. The third-order valence-corrected chi connectivity index (χ3v) is 7.72. The molecule has 0 unspecified atom stereocenters. The number of aliphatic imine (C=N–C) groups is 1. The molecule has 5 nitrogen and oxygen atoms in total. The largest absolute Gasteiger partial charge is 0.416 e. The molecule has 0 radical (unpaired) electrons. The first kappa shape index (κ1) is 28.8. The van der Waals surface area contributed by atoms with Gasteiger partial charge in [-0.1, -0.05) is 12.1 Å². The highest BCUT2D eigenvalue weighted by molar-refractivity contribution is 8.18. The number of benzene rings is 1. The molecule has 1 saturated heterocycles. The number of carbonyl (C=O) groups excluding carboxylic acids is 1. The minimum Gasteiger partial charge on any atom is -0.391 e. The second kappa shape index (κ2) is 10.8. The summed E-state index contributed by atoms with van der Waals surface area (Å²) >= 11 is 0.825. The number of halogens is 8. The van der Waals surface area contributed by atoms with Crippen LogP contribution in [-0.4, -0.2) is 52.2 Å². The summed E-state index contributed by atoms with van der Waals surface area (Å²) in [5, 5.41) is 12.4. The standard InChI is InChI=1S/C24H25F8N3O2S/c25-22(26)6-3-18(36)17(11-22)33-20-19(38-21(37)34-20)9-13-4-7-35(8-5-13)12-14-1-2-15(23(27,28)29)10-16(14)24(30,31)32/h1-2,9-10,13,17-18,36H,3-8,11-12H2,(H,33,34,37)/b19-9-/t17-,18-/m0/s1. The Morgan fingerprint density at radius 1 is 1.11 bits per heavy atom. The minimum absolute atomic E-state index is 0.0842.